The van der Waals surface area contributed by atoms with Gasteiger partial charge in [-0.3, -0.25) is 0 Å². The lowest BCUT2D eigenvalue weighted by molar-refractivity contribution is 0.199. The van der Waals surface area contributed by atoms with E-state index < -0.39 is 6.10 Å². The van der Waals surface area contributed by atoms with Crippen molar-refractivity contribution in [3.63, 3.8) is 0 Å². The van der Waals surface area contributed by atoms with E-state index in [4.69, 9.17) is 16.3 Å². The minimum absolute atomic E-state index is 0.539. The third-order valence-electron chi connectivity index (χ3n) is 1.89. The van der Waals surface area contributed by atoms with Gasteiger partial charge in [-0.25, -0.2) is 0 Å². The molecule has 1 unspecified atom stereocenters. The second kappa shape index (κ2) is 5.23. The molecule has 78 valence electrons. The second-order valence-corrected chi connectivity index (χ2v) is 3.61. The molecule has 0 aliphatic rings. The van der Waals surface area contributed by atoms with Gasteiger partial charge in [0.25, 0.3) is 0 Å². The Morgan fingerprint density at radius 2 is 2.21 bits per heavy atom. The SMILES string of the molecule is CCCOc1ccc(C(C)O)c(Cl)c1. The summed E-state index contributed by atoms with van der Waals surface area (Å²) in [5.41, 5.74) is 0.732. The first kappa shape index (κ1) is 11.3. The van der Waals surface area contributed by atoms with Gasteiger partial charge in [0.1, 0.15) is 5.75 Å². The van der Waals surface area contributed by atoms with Crippen LogP contribution in [0.4, 0.5) is 0 Å². The highest BCUT2D eigenvalue weighted by atomic mass is 35.5. The Hall–Kier alpha value is -0.730. The predicted octanol–water partition coefficient (Wildman–Crippen LogP) is 3.18. The summed E-state index contributed by atoms with van der Waals surface area (Å²) < 4.78 is 5.40. The van der Waals surface area contributed by atoms with Gasteiger partial charge in [0.15, 0.2) is 0 Å². The van der Waals surface area contributed by atoms with Gasteiger partial charge in [-0.1, -0.05) is 24.6 Å². The predicted molar refractivity (Wildman–Crippen MR) is 57.9 cm³/mol. The average molecular weight is 215 g/mol. The van der Waals surface area contributed by atoms with E-state index in [0.29, 0.717) is 11.6 Å². The summed E-state index contributed by atoms with van der Waals surface area (Å²) in [6, 6.07) is 5.35. The standard InChI is InChI=1S/C11H15ClO2/c1-3-6-14-9-4-5-10(8(2)13)11(12)7-9/h4-5,7-8,13H,3,6H2,1-2H3. The Balaban J connectivity index is 2.78. The van der Waals surface area contributed by atoms with Crippen molar-refractivity contribution < 1.29 is 9.84 Å². The monoisotopic (exact) mass is 214 g/mol. The number of benzene rings is 1. The lowest BCUT2D eigenvalue weighted by Crippen LogP contribution is -1.97. The zero-order valence-electron chi connectivity index (χ0n) is 8.46. The molecule has 0 aromatic heterocycles. The summed E-state index contributed by atoms with van der Waals surface area (Å²) in [6.07, 6.45) is 0.429. The molecule has 0 amide bonds. The molecule has 0 bridgehead atoms. The number of hydrogen-bond acceptors (Lipinski definition) is 2. The molecule has 0 saturated heterocycles. The molecule has 1 N–H and O–H groups in total. The molecule has 0 fully saturated rings. The molecule has 0 aliphatic carbocycles. The zero-order chi connectivity index (χ0) is 10.6. The molecule has 14 heavy (non-hydrogen) atoms. The molecular weight excluding hydrogens is 200 g/mol. The Bertz CT molecular complexity index is 297. The summed E-state index contributed by atoms with van der Waals surface area (Å²) >= 11 is 5.96. The maximum Gasteiger partial charge on any atom is 0.120 e. The normalized spacial score (nSPS) is 12.6. The molecular formula is C11H15ClO2. The van der Waals surface area contributed by atoms with Crippen LogP contribution in [0.3, 0.4) is 0 Å². The van der Waals surface area contributed by atoms with Gasteiger partial charge in [-0.05, 0) is 31.0 Å². The van der Waals surface area contributed by atoms with Gasteiger partial charge in [0.2, 0.25) is 0 Å². The summed E-state index contributed by atoms with van der Waals surface area (Å²) in [6.45, 7) is 4.42. The van der Waals surface area contributed by atoms with Crippen LogP contribution in [-0.4, -0.2) is 11.7 Å². The van der Waals surface area contributed by atoms with Gasteiger partial charge in [0.05, 0.1) is 17.7 Å². The molecule has 1 atom stereocenters. The minimum atomic E-state index is -0.539. The molecule has 3 heteroatoms. The van der Waals surface area contributed by atoms with Crippen LogP contribution in [-0.2, 0) is 0 Å². The van der Waals surface area contributed by atoms with Crippen LogP contribution in [0.15, 0.2) is 18.2 Å². The summed E-state index contributed by atoms with van der Waals surface area (Å²) in [5.74, 6) is 0.751. The van der Waals surface area contributed by atoms with Gasteiger partial charge in [0, 0.05) is 0 Å². The average Bonchev–Trinajstić information content (AvgIpc) is 2.14. The Morgan fingerprint density at radius 1 is 1.50 bits per heavy atom. The first-order valence-corrected chi connectivity index (χ1v) is 5.13. The molecule has 1 aromatic carbocycles. The molecule has 0 saturated carbocycles. The van der Waals surface area contributed by atoms with Crippen LogP contribution < -0.4 is 4.74 Å². The van der Waals surface area contributed by atoms with Crippen molar-refractivity contribution >= 4 is 11.6 Å². The van der Waals surface area contributed by atoms with Gasteiger partial charge < -0.3 is 9.84 Å². The third-order valence-corrected chi connectivity index (χ3v) is 2.22. The lowest BCUT2D eigenvalue weighted by Gasteiger charge is -2.10. The maximum absolute atomic E-state index is 9.35. The zero-order valence-corrected chi connectivity index (χ0v) is 9.21. The fourth-order valence-corrected chi connectivity index (χ4v) is 1.48. The van der Waals surface area contributed by atoms with E-state index in [1.54, 1.807) is 19.1 Å². The smallest absolute Gasteiger partial charge is 0.120 e. The number of ether oxygens (including phenoxy) is 1. The molecule has 1 rings (SSSR count). The number of halogens is 1. The molecule has 0 spiro atoms. The minimum Gasteiger partial charge on any atom is -0.494 e. The third kappa shape index (κ3) is 2.89. The summed E-state index contributed by atoms with van der Waals surface area (Å²) in [4.78, 5) is 0. The van der Waals surface area contributed by atoms with E-state index >= 15 is 0 Å². The maximum atomic E-state index is 9.35. The van der Waals surface area contributed by atoms with Crippen molar-refractivity contribution in [2.24, 2.45) is 0 Å². The summed E-state index contributed by atoms with van der Waals surface area (Å²) in [7, 11) is 0. The van der Waals surface area contributed by atoms with Crippen LogP contribution in [0.2, 0.25) is 5.02 Å². The van der Waals surface area contributed by atoms with Crippen LogP contribution in [0.5, 0.6) is 5.75 Å². The number of aliphatic hydroxyl groups excluding tert-OH is 1. The van der Waals surface area contributed by atoms with Gasteiger partial charge in [-0.15, -0.1) is 0 Å². The van der Waals surface area contributed by atoms with E-state index in [0.717, 1.165) is 17.7 Å². The highest BCUT2D eigenvalue weighted by molar-refractivity contribution is 6.31. The van der Waals surface area contributed by atoms with Gasteiger partial charge >= 0.3 is 0 Å². The van der Waals surface area contributed by atoms with E-state index in [1.165, 1.54) is 0 Å². The molecule has 2 nitrogen and oxygen atoms in total. The molecule has 0 aliphatic heterocycles. The highest BCUT2D eigenvalue weighted by Crippen LogP contribution is 2.27. The fraction of sp³-hybridized carbons (Fsp3) is 0.455. The van der Waals surface area contributed by atoms with E-state index in [-0.39, 0.29) is 0 Å². The number of aliphatic hydroxyl groups is 1. The first-order valence-electron chi connectivity index (χ1n) is 4.75. The Morgan fingerprint density at radius 3 is 2.71 bits per heavy atom. The van der Waals surface area contributed by atoms with Crippen molar-refractivity contribution in [3.05, 3.63) is 28.8 Å². The summed E-state index contributed by atoms with van der Waals surface area (Å²) in [5, 5.41) is 9.90. The topological polar surface area (TPSA) is 29.5 Å². The van der Waals surface area contributed by atoms with Crippen LogP contribution in [0, 0.1) is 0 Å². The first-order chi connectivity index (χ1) is 6.65. The Labute approximate surface area is 89.5 Å². The van der Waals surface area contributed by atoms with E-state index in [2.05, 4.69) is 0 Å². The van der Waals surface area contributed by atoms with Gasteiger partial charge in [-0.2, -0.15) is 0 Å². The van der Waals surface area contributed by atoms with E-state index in [1.807, 2.05) is 13.0 Å². The number of hydrogen-bond donors (Lipinski definition) is 1. The largest absolute Gasteiger partial charge is 0.494 e. The second-order valence-electron chi connectivity index (χ2n) is 3.21. The van der Waals surface area contributed by atoms with Crippen molar-refractivity contribution in [2.75, 3.05) is 6.61 Å². The van der Waals surface area contributed by atoms with Crippen molar-refractivity contribution in [3.8, 4) is 5.75 Å². The highest BCUT2D eigenvalue weighted by Gasteiger charge is 2.07. The Kier molecular flexibility index (Phi) is 4.23. The fourth-order valence-electron chi connectivity index (χ4n) is 1.16. The molecule has 0 heterocycles. The van der Waals surface area contributed by atoms with Crippen molar-refractivity contribution in [2.45, 2.75) is 26.4 Å². The quantitative estimate of drug-likeness (QED) is 0.834. The van der Waals surface area contributed by atoms with Crippen molar-refractivity contribution in [1.82, 2.24) is 0 Å². The van der Waals surface area contributed by atoms with Crippen LogP contribution >= 0.6 is 11.6 Å². The van der Waals surface area contributed by atoms with Crippen molar-refractivity contribution in [1.29, 1.82) is 0 Å². The van der Waals surface area contributed by atoms with Crippen LogP contribution in [0.1, 0.15) is 31.9 Å². The van der Waals surface area contributed by atoms with Crippen LogP contribution in [0.25, 0.3) is 0 Å². The molecule has 0 radical (unpaired) electrons. The number of rotatable bonds is 4. The van der Waals surface area contributed by atoms with E-state index in [9.17, 15) is 5.11 Å². The lowest BCUT2D eigenvalue weighted by atomic mass is 10.1. The molecule has 1 aromatic rings.